The van der Waals surface area contributed by atoms with E-state index in [-0.39, 0.29) is 12.8 Å². The van der Waals surface area contributed by atoms with Crippen molar-refractivity contribution in [3.05, 3.63) is 48.6 Å². The average Bonchev–Trinajstić information content (AvgIpc) is 0.761. The van der Waals surface area contributed by atoms with E-state index in [2.05, 4.69) is 45.1 Å². The van der Waals surface area contributed by atoms with Crippen molar-refractivity contribution in [3.63, 3.8) is 0 Å². The summed E-state index contributed by atoms with van der Waals surface area (Å²) in [6, 6.07) is 0. The number of rotatable bonds is 57. The fourth-order valence-corrected chi connectivity index (χ4v) is 13.0. The Labute approximate surface area is 584 Å². The molecule has 0 amide bonds. The summed E-state index contributed by atoms with van der Waals surface area (Å²) in [4.78, 5) is 50.8. The Morgan fingerprint density at radius 2 is 0.796 bits per heavy atom. The smallest absolute Gasteiger partial charge is 0.463 e. The molecule has 0 aromatic rings. The first-order chi connectivity index (χ1) is 47.3. The van der Waals surface area contributed by atoms with Gasteiger partial charge in [0.25, 0.3) is 0 Å². The maximum absolute atomic E-state index is 14.3. The minimum absolute atomic E-state index is 0.00305. The molecule has 0 bridgehead atoms. The van der Waals surface area contributed by atoms with Gasteiger partial charge in [-0.15, -0.1) is 0 Å². The molecule has 3 fully saturated rings. The topological polar surface area (TPSA) is 374 Å². The van der Waals surface area contributed by atoms with E-state index in [0.717, 1.165) is 89.5 Å². The third-order valence-corrected chi connectivity index (χ3v) is 19.1. The van der Waals surface area contributed by atoms with Crippen molar-refractivity contribution in [3.8, 4) is 0 Å². The molecule has 98 heavy (non-hydrogen) atoms. The van der Waals surface area contributed by atoms with Gasteiger partial charge in [0, 0.05) is 18.9 Å². The van der Waals surface area contributed by atoms with E-state index < -0.39 is 156 Å². The Kier molecular flexibility index (Phi) is 49.6. The number of unbranched alkanes of at least 4 members (excludes halogenated alkanes) is 31. The van der Waals surface area contributed by atoms with Crippen LogP contribution in [0.4, 0.5) is 0 Å². The van der Waals surface area contributed by atoms with Gasteiger partial charge in [-0.1, -0.05) is 217 Å². The molecule has 0 radical (unpaired) electrons. The minimum Gasteiger partial charge on any atom is -0.463 e. The van der Waals surface area contributed by atoms with Crippen molar-refractivity contribution in [1.82, 2.24) is 0 Å². The number of carbonyl (C=O) groups excluding carboxylic acids is 3. The van der Waals surface area contributed by atoms with Crippen LogP contribution in [0.2, 0.25) is 0 Å². The number of ether oxygens (including phenoxy) is 7. The second-order valence-corrected chi connectivity index (χ2v) is 28.1. The number of carbonyl (C=O) groups is 3. The molecular formula is C73H129O24P. The van der Waals surface area contributed by atoms with Gasteiger partial charge < -0.3 is 89.1 Å². The lowest BCUT2D eigenvalue weighted by Crippen LogP contribution is -2.69. The van der Waals surface area contributed by atoms with Gasteiger partial charge in [0.15, 0.2) is 18.7 Å². The Morgan fingerprint density at radius 3 is 1.23 bits per heavy atom. The van der Waals surface area contributed by atoms with Crippen LogP contribution in [0.25, 0.3) is 0 Å². The molecule has 0 aromatic carbocycles. The van der Waals surface area contributed by atoms with E-state index in [0.29, 0.717) is 19.3 Å². The molecule has 25 heteroatoms. The number of aliphatic hydroxyl groups is 10. The van der Waals surface area contributed by atoms with Gasteiger partial charge in [0.2, 0.25) is 0 Å². The maximum Gasteiger partial charge on any atom is 0.472 e. The Bertz CT molecular complexity index is 2220. The predicted octanol–water partition coefficient (Wildman–Crippen LogP) is 10.1. The highest BCUT2D eigenvalue weighted by Crippen LogP contribution is 2.49. The first-order valence-corrected chi connectivity index (χ1v) is 39.0. The van der Waals surface area contributed by atoms with Crippen molar-refractivity contribution in [2.75, 3.05) is 26.4 Å². The number of aliphatic hydroxyl groups excluding tert-OH is 10. The molecule has 1 saturated carbocycles. The van der Waals surface area contributed by atoms with Crippen molar-refractivity contribution in [1.29, 1.82) is 0 Å². The fourth-order valence-electron chi connectivity index (χ4n) is 12.0. The standard InChI is InChI=1S/C73H129O24P/c1-4-7-10-13-16-19-22-25-28-31-33-35-38-41-44-47-57(75)89-51-54(92-59(77)49-46-43-40-37-34-30-27-24-21-18-15-12-9-6-3)52-91-98(87,88)97-71-69(95-72-67(85)62(80)60(78)55(50-74)93-72)65(83)64(82)66(84)70(71)96-73-68(86)63(81)61(79)56(94-73)53-90-58(76)48-45-42-39-36-32-29-26-23-20-17-14-11-8-5-2/h29-30,32,34,38,41,44,47,54-56,60-74,78-86H,4-28,31,33,35-37,39-40,42-43,45-46,48-53H2,1-3H3,(H,87,88)/b32-29-,34-30-,41-38+,47-44+. The van der Waals surface area contributed by atoms with Gasteiger partial charge in [-0.05, 0) is 77.0 Å². The second-order valence-electron chi connectivity index (χ2n) is 26.7. The number of hydrogen-bond acceptors (Lipinski definition) is 23. The molecule has 18 unspecified atom stereocenters. The highest BCUT2D eigenvalue weighted by molar-refractivity contribution is 7.47. The molecule has 0 spiro atoms. The van der Waals surface area contributed by atoms with Crippen LogP contribution in [-0.2, 0) is 61.2 Å². The molecule has 1 aliphatic carbocycles. The summed E-state index contributed by atoms with van der Waals surface area (Å²) < 4.78 is 64.7. The molecule has 2 heterocycles. The molecule has 18 atom stereocenters. The van der Waals surface area contributed by atoms with Gasteiger partial charge in [-0.2, -0.15) is 0 Å². The molecule has 2 aliphatic heterocycles. The van der Waals surface area contributed by atoms with Crippen molar-refractivity contribution in [2.24, 2.45) is 0 Å². The van der Waals surface area contributed by atoms with Crippen molar-refractivity contribution >= 4 is 25.7 Å². The van der Waals surface area contributed by atoms with Gasteiger partial charge in [0.1, 0.15) is 98.7 Å². The molecule has 0 aromatic heterocycles. The van der Waals surface area contributed by atoms with E-state index in [1.807, 2.05) is 6.08 Å². The Morgan fingerprint density at radius 1 is 0.418 bits per heavy atom. The fraction of sp³-hybridized carbons (Fsp3) is 0.849. The quantitative estimate of drug-likeness (QED) is 0.00513. The SMILES string of the molecule is CCCCCCCCC/C=C\CCCCCC(=O)OCC1OC(OC2C(O)C(O)C(O)C(OC3OC(CO)C(O)C(O)C3O)C2OP(=O)(O)OCC(COC(=O)/C=C/C=C/CCCCCCCCCCCCC)OC(=O)CCCCC/C=C\CCCCCCCCC)C(O)C(O)C1O. The monoisotopic (exact) mass is 1420 g/mol. The van der Waals surface area contributed by atoms with Gasteiger partial charge in [-0.25, -0.2) is 9.36 Å². The van der Waals surface area contributed by atoms with Crippen LogP contribution in [0.3, 0.4) is 0 Å². The lowest BCUT2D eigenvalue weighted by molar-refractivity contribution is -0.360. The highest BCUT2D eigenvalue weighted by Gasteiger charge is 2.58. The maximum atomic E-state index is 14.3. The van der Waals surface area contributed by atoms with Gasteiger partial charge in [-0.3, -0.25) is 18.6 Å². The van der Waals surface area contributed by atoms with Crippen molar-refractivity contribution in [2.45, 2.75) is 369 Å². The number of allylic oxidation sites excluding steroid dienone is 7. The number of phosphoric acid groups is 1. The Hall–Kier alpha value is -3.08. The number of hydrogen-bond donors (Lipinski definition) is 11. The third-order valence-electron chi connectivity index (χ3n) is 18.2. The zero-order valence-electron chi connectivity index (χ0n) is 59.3. The summed E-state index contributed by atoms with van der Waals surface area (Å²) in [5.74, 6) is -2.28. The van der Waals surface area contributed by atoms with Crippen LogP contribution < -0.4 is 0 Å². The highest BCUT2D eigenvalue weighted by atomic mass is 31.2. The van der Waals surface area contributed by atoms with Gasteiger partial charge in [0.05, 0.1) is 13.2 Å². The molecule has 570 valence electrons. The molecule has 3 rings (SSSR count). The first kappa shape index (κ1) is 89.1. The molecular weight excluding hydrogens is 1290 g/mol. The summed E-state index contributed by atoms with van der Waals surface area (Å²) in [5, 5.41) is 110. The van der Waals surface area contributed by atoms with Crippen LogP contribution in [0.1, 0.15) is 265 Å². The lowest BCUT2D eigenvalue weighted by atomic mass is 9.84. The van der Waals surface area contributed by atoms with E-state index in [1.54, 1.807) is 6.08 Å². The van der Waals surface area contributed by atoms with Crippen LogP contribution in [-0.4, -0.2) is 204 Å². The molecule has 3 aliphatic rings. The first-order valence-electron chi connectivity index (χ1n) is 37.5. The third kappa shape index (κ3) is 37.4. The summed E-state index contributed by atoms with van der Waals surface area (Å²) in [6.07, 6.45) is 18.2. The number of phosphoric ester groups is 1. The zero-order valence-corrected chi connectivity index (χ0v) is 60.2. The van der Waals surface area contributed by atoms with Crippen LogP contribution >= 0.6 is 7.82 Å². The van der Waals surface area contributed by atoms with Crippen molar-refractivity contribution < 1.29 is 117 Å². The van der Waals surface area contributed by atoms with E-state index in [4.69, 9.17) is 42.2 Å². The normalized spacial score (nSPS) is 27.9. The van der Waals surface area contributed by atoms with E-state index in [1.165, 1.54) is 134 Å². The van der Waals surface area contributed by atoms with Crippen LogP contribution in [0, 0.1) is 0 Å². The van der Waals surface area contributed by atoms with E-state index >= 15 is 0 Å². The zero-order chi connectivity index (χ0) is 71.8. The van der Waals surface area contributed by atoms with Gasteiger partial charge >= 0.3 is 25.7 Å². The van der Waals surface area contributed by atoms with E-state index in [9.17, 15) is 74.9 Å². The van der Waals surface area contributed by atoms with Crippen LogP contribution in [0.5, 0.6) is 0 Å². The molecule has 11 N–H and O–H groups in total. The number of esters is 3. The molecule has 2 saturated heterocycles. The summed E-state index contributed by atoms with van der Waals surface area (Å²) in [7, 11) is -5.72. The lowest BCUT2D eigenvalue weighted by Gasteiger charge is -2.49. The summed E-state index contributed by atoms with van der Waals surface area (Å²) in [6.45, 7) is 3.28. The predicted molar refractivity (Wildman–Crippen MR) is 370 cm³/mol. The minimum atomic E-state index is -5.72. The largest absolute Gasteiger partial charge is 0.472 e. The Balaban J connectivity index is 1.76. The summed E-state index contributed by atoms with van der Waals surface area (Å²) in [5.41, 5.74) is 0. The average molecular weight is 1420 g/mol. The second kappa shape index (κ2) is 54.6. The molecule has 24 nitrogen and oxygen atoms in total. The van der Waals surface area contributed by atoms with Crippen LogP contribution in [0.15, 0.2) is 48.6 Å². The summed E-state index contributed by atoms with van der Waals surface area (Å²) >= 11 is 0.